The number of benzene rings is 1. The van der Waals surface area contributed by atoms with Crippen LogP contribution in [0.25, 0.3) is 0 Å². The molecule has 0 aliphatic rings. The van der Waals surface area contributed by atoms with Crippen LogP contribution in [0.1, 0.15) is 12.0 Å². The third-order valence-electron chi connectivity index (χ3n) is 1.79. The van der Waals surface area contributed by atoms with Gasteiger partial charge in [-0.05, 0) is 24.9 Å². The second-order valence-electron chi connectivity index (χ2n) is 2.82. The van der Waals surface area contributed by atoms with Gasteiger partial charge in [-0.3, -0.25) is 10.1 Å². The van der Waals surface area contributed by atoms with Gasteiger partial charge in [-0.25, -0.2) is 0 Å². The lowest BCUT2D eigenvalue weighted by atomic mass is 10.1. The van der Waals surface area contributed by atoms with E-state index < -0.39 is 0 Å². The van der Waals surface area contributed by atoms with Crippen LogP contribution in [0.2, 0.25) is 0 Å². The van der Waals surface area contributed by atoms with Gasteiger partial charge in [0.25, 0.3) is 5.69 Å². The molecule has 0 aromatic heterocycles. The molecule has 1 rings (SSSR count). The normalized spacial score (nSPS) is 9.21. The van der Waals surface area contributed by atoms with Crippen LogP contribution >= 0.6 is 12.4 Å². The number of rotatable bonds is 4. The van der Waals surface area contributed by atoms with Gasteiger partial charge >= 0.3 is 0 Å². The molecular weight excluding hydrogens is 204 g/mol. The van der Waals surface area contributed by atoms with Gasteiger partial charge in [0.05, 0.1) is 4.92 Å². The zero-order chi connectivity index (χ0) is 9.68. The zero-order valence-corrected chi connectivity index (χ0v) is 8.50. The van der Waals surface area contributed by atoms with Crippen LogP contribution in [0.5, 0.6) is 0 Å². The number of halogens is 1. The molecule has 0 amide bonds. The van der Waals surface area contributed by atoms with E-state index in [0.29, 0.717) is 6.54 Å². The first-order chi connectivity index (χ1) is 6.24. The van der Waals surface area contributed by atoms with Crippen molar-refractivity contribution < 1.29 is 4.92 Å². The maximum absolute atomic E-state index is 10.4. The van der Waals surface area contributed by atoms with E-state index in [4.69, 9.17) is 5.73 Å². The summed E-state index contributed by atoms with van der Waals surface area (Å²) in [5, 5.41) is 10.4. The third-order valence-corrected chi connectivity index (χ3v) is 1.79. The van der Waals surface area contributed by atoms with Crippen molar-refractivity contribution >= 4 is 18.1 Å². The molecule has 0 aliphatic carbocycles. The highest BCUT2D eigenvalue weighted by molar-refractivity contribution is 5.85. The Labute approximate surface area is 88.7 Å². The molecule has 0 fully saturated rings. The maximum Gasteiger partial charge on any atom is 0.269 e. The fourth-order valence-electron chi connectivity index (χ4n) is 1.13. The summed E-state index contributed by atoms with van der Waals surface area (Å²) in [6, 6.07) is 6.66. The molecule has 1 aromatic carbocycles. The Morgan fingerprint density at radius 3 is 2.71 bits per heavy atom. The maximum atomic E-state index is 10.4. The van der Waals surface area contributed by atoms with Crippen molar-refractivity contribution in [2.24, 2.45) is 5.73 Å². The number of nitrogens with zero attached hydrogens (tertiary/aromatic N) is 1. The third kappa shape index (κ3) is 3.72. The Kier molecular flexibility index (Phi) is 5.83. The van der Waals surface area contributed by atoms with Crippen molar-refractivity contribution in [3.8, 4) is 0 Å². The van der Waals surface area contributed by atoms with Gasteiger partial charge in [0.2, 0.25) is 0 Å². The Bertz CT molecular complexity index is 305. The summed E-state index contributed by atoms with van der Waals surface area (Å²) in [4.78, 5) is 10.0. The Morgan fingerprint density at radius 1 is 1.43 bits per heavy atom. The predicted octanol–water partition coefficient (Wildman–Crippen LogP) is 1.91. The Hall–Kier alpha value is -1.13. The van der Waals surface area contributed by atoms with Gasteiger partial charge in [0.1, 0.15) is 0 Å². The molecule has 0 heterocycles. The van der Waals surface area contributed by atoms with Gasteiger partial charge < -0.3 is 5.73 Å². The zero-order valence-electron chi connectivity index (χ0n) is 7.68. The largest absolute Gasteiger partial charge is 0.330 e. The topological polar surface area (TPSA) is 69.2 Å². The molecule has 2 N–H and O–H groups in total. The second-order valence-corrected chi connectivity index (χ2v) is 2.82. The minimum absolute atomic E-state index is 0. The standard InChI is InChI=1S/C9H12N2O2.ClH/c10-6-2-4-8-3-1-5-9(7-8)11(12)13;/h1,3,5,7H,2,4,6,10H2;1H. The van der Waals surface area contributed by atoms with Crippen molar-refractivity contribution in [1.29, 1.82) is 0 Å². The summed E-state index contributed by atoms with van der Waals surface area (Å²) in [5.74, 6) is 0. The van der Waals surface area contributed by atoms with Crippen LogP contribution in [-0.2, 0) is 6.42 Å². The number of nitro benzene ring substituents is 1. The van der Waals surface area contributed by atoms with Crippen LogP contribution in [0.3, 0.4) is 0 Å². The number of nitrogens with two attached hydrogens (primary N) is 1. The lowest BCUT2D eigenvalue weighted by Crippen LogP contribution is -2.00. The van der Waals surface area contributed by atoms with Gasteiger partial charge in [-0.1, -0.05) is 12.1 Å². The number of aryl methyl sites for hydroxylation is 1. The molecule has 14 heavy (non-hydrogen) atoms. The SMILES string of the molecule is Cl.NCCCc1cccc([N+](=O)[O-])c1. The average Bonchev–Trinajstić information content (AvgIpc) is 2.15. The molecule has 78 valence electrons. The van der Waals surface area contributed by atoms with Crippen molar-refractivity contribution in [2.45, 2.75) is 12.8 Å². The fraction of sp³-hybridized carbons (Fsp3) is 0.333. The lowest BCUT2D eigenvalue weighted by Gasteiger charge is -1.98. The molecule has 0 saturated heterocycles. The molecule has 4 nitrogen and oxygen atoms in total. The van der Waals surface area contributed by atoms with Gasteiger partial charge in [0, 0.05) is 12.1 Å². The van der Waals surface area contributed by atoms with E-state index in [0.717, 1.165) is 18.4 Å². The Balaban J connectivity index is 0.00000169. The van der Waals surface area contributed by atoms with E-state index in [1.54, 1.807) is 12.1 Å². The number of nitro groups is 1. The van der Waals surface area contributed by atoms with Crippen LogP contribution in [-0.4, -0.2) is 11.5 Å². The van der Waals surface area contributed by atoms with E-state index in [1.807, 2.05) is 6.07 Å². The number of hydrogen-bond donors (Lipinski definition) is 1. The summed E-state index contributed by atoms with van der Waals surface area (Å²) < 4.78 is 0. The van der Waals surface area contributed by atoms with Crippen molar-refractivity contribution in [3.05, 3.63) is 39.9 Å². The molecule has 0 radical (unpaired) electrons. The van der Waals surface area contributed by atoms with Gasteiger partial charge in [0.15, 0.2) is 0 Å². The molecular formula is C9H13ClN2O2. The second kappa shape index (κ2) is 6.34. The van der Waals surface area contributed by atoms with Crippen molar-refractivity contribution in [3.63, 3.8) is 0 Å². The van der Waals surface area contributed by atoms with Crippen molar-refractivity contribution in [1.82, 2.24) is 0 Å². The van der Waals surface area contributed by atoms with E-state index in [9.17, 15) is 10.1 Å². The average molecular weight is 217 g/mol. The minimum atomic E-state index is -0.383. The molecule has 0 bridgehead atoms. The highest BCUT2D eigenvalue weighted by Gasteiger charge is 2.04. The summed E-state index contributed by atoms with van der Waals surface area (Å²) in [5.41, 5.74) is 6.46. The minimum Gasteiger partial charge on any atom is -0.330 e. The monoisotopic (exact) mass is 216 g/mol. The smallest absolute Gasteiger partial charge is 0.269 e. The Morgan fingerprint density at radius 2 is 2.14 bits per heavy atom. The van der Waals surface area contributed by atoms with E-state index in [1.165, 1.54) is 6.07 Å². The fourth-order valence-corrected chi connectivity index (χ4v) is 1.13. The summed E-state index contributed by atoms with van der Waals surface area (Å²) in [6.45, 7) is 0.614. The summed E-state index contributed by atoms with van der Waals surface area (Å²) >= 11 is 0. The molecule has 0 aliphatic heterocycles. The highest BCUT2D eigenvalue weighted by Crippen LogP contribution is 2.13. The first-order valence-corrected chi connectivity index (χ1v) is 4.17. The molecule has 5 heteroatoms. The van der Waals surface area contributed by atoms with Gasteiger partial charge in [-0.15, -0.1) is 12.4 Å². The molecule has 0 spiro atoms. The van der Waals surface area contributed by atoms with Crippen LogP contribution < -0.4 is 5.73 Å². The van der Waals surface area contributed by atoms with Crippen LogP contribution in [0.4, 0.5) is 5.69 Å². The van der Waals surface area contributed by atoms with E-state index >= 15 is 0 Å². The molecule has 0 unspecified atom stereocenters. The van der Waals surface area contributed by atoms with Crippen LogP contribution in [0, 0.1) is 10.1 Å². The number of hydrogen-bond acceptors (Lipinski definition) is 3. The van der Waals surface area contributed by atoms with Crippen LogP contribution in [0.15, 0.2) is 24.3 Å². The summed E-state index contributed by atoms with van der Waals surface area (Å²) in [6.07, 6.45) is 1.67. The molecule has 1 aromatic rings. The van der Waals surface area contributed by atoms with Crippen molar-refractivity contribution in [2.75, 3.05) is 6.54 Å². The van der Waals surface area contributed by atoms with Gasteiger partial charge in [-0.2, -0.15) is 0 Å². The quantitative estimate of drug-likeness (QED) is 0.618. The van der Waals surface area contributed by atoms with E-state index in [2.05, 4.69) is 0 Å². The first-order valence-electron chi connectivity index (χ1n) is 4.17. The number of non-ortho nitro benzene ring substituents is 1. The first kappa shape index (κ1) is 12.9. The van der Waals surface area contributed by atoms with E-state index in [-0.39, 0.29) is 23.0 Å². The summed E-state index contributed by atoms with van der Waals surface area (Å²) in [7, 11) is 0. The predicted molar refractivity (Wildman–Crippen MR) is 57.7 cm³/mol. The highest BCUT2D eigenvalue weighted by atomic mass is 35.5. The molecule has 0 atom stereocenters. The molecule has 0 saturated carbocycles. The lowest BCUT2D eigenvalue weighted by molar-refractivity contribution is -0.384.